The number of nitrogens with zero attached hydrogens (tertiary/aromatic N) is 7. The molecule has 2 fully saturated rings. The Labute approximate surface area is 231 Å². The molecule has 39 heavy (non-hydrogen) atoms. The summed E-state index contributed by atoms with van der Waals surface area (Å²) in [6, 6.07) is 2.00. The van der Waals surface area contributed by atoms with Crippen molar-refractivity contribution in [2.75, 3.05) is 18.1 Å². The number of fused-ring (bicyclic) bond motifs is 1. The number of rotatable bonds is 6. The van der Waals surface area contributed by atoms with Gasteiger partial charge in [0.1, 0.15) is 11.2 Å². The van der Waals surface area contributed by atoms with E-state index in [-0.39, 0.29) is 23.9 Å². The van der Waals surface area contributed by atoms with Crippen molar-refractivity contribution in [2.24, 2.45) is 11.8 Å². The maximum absolute atomic E-state index is 11.7. The Kier molecular flexibility index (Phi) is 7.11. The summed E-state index contributed by atoms with van der Waals surface area (Å²) in [7, 11) is 0. The Morgan fingerprint density at radius 3 is 2.67 bits per heavy atom. The second kappa shape index (κ2) is 10.7. The topological polar surface area (TPSA) is 128 Å². The van der Waals surface area contributed by atoms with Gasteiger partial charge in [0.15, 0.2) is 5.65 Å². The Morgan fingerprint density at radius 2 is 1.95 bits per heavy atom. The molecule has 4 aromatic rings. The molecule has 0 bridgehead atoms. The number of ether oxygens (including phenoxy) is 1. The number of hydrogen-bond acceptors (Lipinski definition) is 9. The van der Waals surface area contributed by atoms with Crippen LogP contribution in [0.5, 0.6) is 0 Å². The highest BCUT2D eigenvalue weighted by Gasteiger charge is 2.34. The number of morpholine rings is 1. The normalized spacial score (nSPS) is 23.9. The molecule has 4 aromatic heterocycles. The summed E-state index contributed by atoms with van der Waals surface area (Å²) in [5, 5.41) is 6.76. The van der Waals surface area contributed by atoms with Crippen LogP contribution in [0.3, 0.4) is 0 Å². The molecular formula is C27H33ClN8O3. The van der Waals surface area contributed by atoms with Crippen molar-refractivity contribution in [3.8, 4) is 23.0 Å². The van der Waals surface area contributed by atoms with Gasteiger partial charge in [-0.15, -0.1) is 5.10 Å². The number of nitrogens with one attached hydrogen (secondary N) is 1. The number of aromatic amines is 1. The van der Waals surface area contributed by atoms with E-state index in [1.54, 1.807) is 12.4 Å². The van der Waals surface area contributed by atoms with E-state index in [0.29, 0.717) is 28.9 Å². The molecule has 12 heteroatoms. The summed E-state index contributed by atoms with van der Waals surface area (Å²) >= 11 is 6.37. The van der Waals surface area contributed by atoms with Gasteiger partial charge in [0.25, 0.3) is 5.89 Å². The minimum Gasteiger partial charge on any atom is -0.384 e. The van der Waals surface area contributed by atoms with Crippen molar-refractivity contribution in [2.45, 2.75) is 71.6 Å². The van der Waals surface area contributed by atoms with E-state index in [2.05, 4.69) is 45.4 Å². The molecule has 5 heterocycles. The monoisotopic (exact) mass is 552 g/mol. The summed E-state index contributed by atoms with van der Waals surface area (Å²) in [5.41, 5.74) is 2.66. The fraction of sp³-hybridized carbons (Fsp3) is 0.556. The van der Waals surface area contributed by atoms with Crippen LogP contribution in [0.4, 0.5) is 5.95 Å². The van der Waals surface area contributed by atoms with Crippen LogP contribution in [0, 0.1) is 11.8 Å². The molecule has 2 atom stereocenters. The minimum absolute atomic E-state index is 0.00179. The number of H-pyrrole nitrogens is 1. The van der Waals surface area contributed by atoms with E-state index in [4.69, 9.17) is 35.7 Å². The van der Waals surface area contributed by atoms with Gasteiger partial charge in [-0.2, -0.15) is 4.98 Å². The predicted octanol–water partition coefficient (Wildman–Crippen LogP) is 4.72. The Hall–Kier alpha value is -3.31. The molecule has 0 aromatic carbocycles. The zero-order chi connectivity index (χ0) is 27.1. The lowest BCUT2D eigenvalue weighted by Crippen LogP contribution is -2.51. The van der Waals surface area contributed by atoms with Gasteiger partial charge in [-0.1, -0.05) is 38.3 Å². The molecule has 2 aliphatic rings. The molecule has 1 saturated heterocycles. The molecule has 1 N–H and O–H groups in total. The number of imidazole rings is 1. The zero-order valence-corrected chi connectivity index (χ0v) is 23.2. The standard InChI is InChI=1S/C27H33ClN8O3/c1-4-20-16(3)38-10-9-35(20)26-32-23-22(36(26)14-17-7-5-15(2)6-8-17)21(18-11-19(28)13-29-12-18)30-24(31-23)25-33-34-27(37)39-25/h11-13,15-17,20H,4-10,14H2,1-3H3,(H,34,37)/t15?,16-,17?,20-/m1/s1. The Morgan fingerprint density at radius 1 is 1.13 bits per heavy atom. The first-order chi connectivity index (χ1) is 18.9. The van der Waals surface area contributed by atoms with Gasteiger partial charge in [0.2, 0.25) is 11.8 Å². The fourth-order valence-corrected chi connectivity index (χ4v) is 6.19. The molecule has 1 aliphatic heterocycles. The summed E-state index contributed by atoms with van der Waals surface area (Å²) in [6.07, 6.45) is 9.10. The van der Waals surface area contributed by atoms with Gasteiger partial charge in [-0.05, 0) is 44.1 Å². The summed E-state index contributed by atoms with van der Waals surface area (Å²) < 4.78 is 13.5. The van der Waals surface area contributed by atoms with Gasteiger partial charge < -0.3 is 18.6 Å². The van der Waals surface area contributed by atoms with Gasteiger partial charge in [0, 0.05) is 31.0 Å². The molecule has 1 aliphatic carbocycles. The number of hydrogen-bond donors (Lipinski definition) is 1. The van der Waals surface area contributed by atoms with Crippen molar-refractivity contribution in [3.63, 3.8) is 0 Å². The first-order valence-electron chi connectivity index (χ1n) is 13.7. The highest BCUT2D eigenvalue weighted by atomic mass is 35.5. The molecule has 0 spiro atoms. The molecule has 0 radical (unpaired) electrons. The Bertz CT molecular complexity index is 1520. The largest absolute Gasteiger partial charge is 0.434 e. The third-order valence-corrected chi connectivity index (χ3v) is 8.30. The van der Waals surface area contributed by atoms with Crippen molar-refractivity contribution < 1.29 is 9.15 Å². The third kappa shape index (κ3) is 5.05. The molecule has 206 valence electrons. The SMILES string of the molecule is CC[C@@H]1[C@@H](C)OCCN1c1nc2nc(-c3n[nH]c(=O)o3)nc(-c3cncc(Cl)c3)c2n1CC1CCC(C)CC1. The average Bonchev–Trinajstić information content (AvgIpc) is 3.53. The smallest absolute Gasteiger partial charge is 0.384 e. The van der Waals surface area contributed by atoms with Crippen LogP contribution in [0.25, 0.3) is 34.1 Å². The molecule has 0 amide bonds. The van der Waals surface area contributed by atoms with E-state index in [9.17, 15) is 4.79 Å². The molecule has 1 saturated carbocycles. The van der Waals surface area contributed by atoms with Crippen LogP contribution >= 0.6 is 11.6 Å². The van der Waals surface area contributed by atoms with Crippen LogP contribution < -0.4 is 10.7 Å². The van der Waals surface area contributed by atoms with Crippen molar-refractivity contribution >= 4 is 28.7 Å². The number of pyridine rings is 1. The average molecular weight is 553 g/mol. The van der Waals surface area contributed by atoms with Crippen LogP contribution in [0.15, 0.2) is 27.7 Å². The molecule has 6 rings (SSSR count). The second-order valence-corrected chi connectivity index (χ2v) is 11.2. The number of anilines is 1. The van der Waals surface area contributed by atoms with Crippen molar-refractivity contribution in [1.82, 2.24) is 34.7 Å². The lowest BCUT2D eigenvalue weighted by molar-refractivity contribution is 0.0217. The van der Waals surface area contributed by atoms with Gasteiger partial charge in [0.05, 0.1) is 23.8 Å². The van der Waals surface area contributed by atoms with Crippen LogP contribution in [0.1, 0.15) is 52.9 Å². The molecule has 0 unspecified atom stereocenters. The van der Waals surface area contributed by atoms with Crippen molar-refractivity contribution in [1.29, 1.82) is 0 Å². The summed E-state index contributed by atoms with van der Waals surface area (Å²) in [6.45, 7) is 8.80. The second-order valence-electron chi connectivity index (χ2n) is 10.8. The first-order valence-corrected chi connectivity index (χ1v) is 14.1. The van der Waals surface area contributed by atoms with Gasteiger partial charge in [-0.25, -0.2) is 19.9 Å². The van der Waals surface area contributed by atoms with E-state index in [0.717, 1.165) is 42.5 Å². The summed E-state index contributed by atoms with van der Waals surface area (Å²) in [5.74, 6) is 1.63. The van der Waals surface area contributed by atoms with Crippen LogP contribution in [-0.2, 0) is 11.3 Å². The van der Waals surface area contributed by atoms with E-state index < -0.39 is 5.76 Å². The molecular weight excluding hydrogens is 520 g/mol. The lowest BCUT2D eigenvalue weighted by Gasteiger charge is -2.40. The van der Waals surface area contributed by atoms with Gasteiger partial charge >= 0.3 is 5.76 Å². The highest BCUT2D eigenvalue weighted by Crippen LogP contribution is 2.37. The highest BCUT2D eigenvalue weighted by molar-refractivity contribution is 6.30. The number of aromatic nitrogens is 7. The van der Waals surface area contributed by atoms with Crippen LogP contribution in [0.2, 0.25) is 5.02 Å². The maximum Gasteiger partial charge on any atom is 0.434 e. The zero-order valence-electron chi connectivity index (χ0n) is 22.4. The van der Waals surface area contributed by atoms with E-state index >= 15 is 0 Å². The predicted molar refractivity (Wildman–Crippen MR) is 148 cm³/mol. The summed E-state index contributed by atoms with van der Waals surface area (Å²) in [4.78, 5) is 33.1. The maximum atomic E-state index is 11.7. The number of halogens is 1. The van der Waals surface area contributed by atoms with Crippen molar-refractivity contribution in [3.05, 3.63) is 34.0 Å². The first kappa shape index (κ1) is 25.9. The quantitative estimate of drug-likeness (QED) is 0.361. The Balaban J connectivity index is 1.58. The van der Waals surface area contributed by atoms with Crippen LogP contribution in [-0.4, -0.2) is 60.0 Å². The minimum atomic E-state index is -0.675. The third-order valence-electron chi connectivity index (χ3n) is 8.10. The van der Waals surface area contributed by atoms with E-state index in [1.165, 1.54) is 25.7 Å². The van der Waals surface area contributed by atoms with E-state index in [1.807, 2.05) is 6.07 Å². The fourth-order valence-electron chi connectivity index (χ4n) is 6.02. The lowest BCUT2D eigenvalue weighted by atomic mass is 9.83. The molecule has 11 nitrogen and oxygen atoms in total. The van der Waals surface area contributed by atoms with Gasteiger partial charge in [-0.3, -0.25) is 4.98 Å².